The maximum absolute atomic E-state index is 12.3. The van der Waals surface area contributed by atoms with Crippen LogP contribution in [0.15, 0.2) is 24.3 Å². The normalized spacial score (nSPS) is 15.7. The number of carbonyl (C=O) groups is 3. The summed E-state index contributed by atoms with van der Waals surface area (Å²) in [5.41, 5.74) is 8.07. The molecule has 142 valence electrons. The summed E-state index contributed by atoms with van der Waals surface area (Å²) in [5, 5.41) is 3.13. The third kappa shape index (κ3) is 4.19. The van der Waals surface area contributed by atoms with E-state index in [4.69, 9.17) is 10.5 Å². The Labute approximate surface area is 161 Å². The number of benzene rings is 1. The number of amides is 2. The first-order chi connectivity index (χ1) is 12.9. The maximum atomic E-state index is 12.3. The fourth-order valence-corrected chi connectivity index (χ4v) is 4.71. The van der Waals surface area contributed by atoms with Crippen molar-refractivity contribution in [3.05, 3.63) is 51.4 Å². The largest absolute Gasteiger partial charge is 0.452 e. The molecule has 2 aromatic rings. The number of ether oxygens (including phenoxy) is 1. The lowest BCUT2D eigenvalue weighted by molar-refractivity contribution is -0.119. The predicted molar refractivity (Wildman–Crippen MR) is 104 cm³/mol. The summed E-state index contributed by atoms with van der Waals surface area (Å²) in [6.45, 7) is 3.53. The summed E-state index contributed by atoms with van der Waals surface area (Å²) in [6, 6.07) is 7.01. The summed E-state index contributed by atoms with van der Waals surface area (Å²) in [4.78, 5) is 37.4. The Morgan fingerprint density at radius 3 is 2.74 bits per heavy atom. The van der Waals surface area contributed by atoms with Crippen LogP contribution in [0.2, 0.25) is 0 Å². The summed E-state index contributed by atoms with van der Waals surface area (Å²) in [5.74, 6) is -1.06. The quantitative estimate of drug-likeness (QED) is 0.772. The Kier molecular flexibility index (Phi) is 5.60. The van der Waals surface area contributed by atoms with Gasteiger partial charge in [0, 0.05) is 4.88 Å². The van der Waals surface area contributed by atoms with Crippen LogP contribution in [-0.2, 0) is 22.4 Å². The number of anilines is 1. The van der Waals surface area contributed by atoms with Crippen molar-refractivity contribution in [2.45, 2.75) is 33.1 Å². The second kappa shape index (κ2) is 7.92. The number of fused-ring (bicyclic) bond motifs is 1. The van der Waals surface area contributed by atoms with E-state index in [2.05, 4.69) is 12.2 Å². The van der Waals surface area contributed by atoms with Crippen LogP contribution in [0.25, 0.3) is 0 Å². The van der Waals surface area contributed by atoms with Gasteiger partial charge in [0.1, 0.15) is 5.00 Å². The minimum absolute atomic E-state index is 0.389. The van der Waals surface area contributed by atoms with E-state index in [-0.39, 0.29) is 0 Å². The number of primary amides is 1. The van der Waals surface area contributed by atoms with Gasteiger partial charge >= 0.3 is 5.97 Å². The molecule has 2 amide bonds. The SMILES string of the molecule is Cc1ccccc1C(=O)OCC(=O)Nc1sc2c(c1C(N)=O)CC[C@@H](C)C2. The van der Waals surface area contributed by atoms with Gasteiger partial charge in [-0.1, -0.05) is 25.1 Å². The minimum atomic E-state index is -0.558. The van der Waals surface area contributed by atoms with E-state index >= 15 is 0 Å². The molecule has 6 nitrogen and oxygen atoms in total. The van der Waals surface area contributed by atoms with Crippen molar-refractivity contribution in [2.75, 3.05) is 11.9 Å². The van der Waals surface area contributed by atoms with Crippen LogP contribution >= 0.6 is 11.3 Å². The molecule has 0 fully saturated rings. The van der Waals surface area contributed by atoms with Gasteiger partial charge in [0.25, 0.3) is 11.8 Å². The van der Waals surface area contributed by atoms with Crippen LogP contribution in [0, 0.1) is 12.8 Å². The second-order valence-corrected chi connectivity index (χ2v) is 7.96. The number of nitrogens with two attached hydrogens (primary N) is 1. The Hall–Kier alpha value is -2.67. The van der Waals surface area contributed by atoms with Crippen molar-refractivity contribution >= 4 is 34.1 Å². The van der Waals surface area contributed by atoms with Gasteiger partial charge in [-0.25, -0.2) is 4.79 Å². The molecule has 0 saturated carbocycles. The molecule has 1 aliphatic carbocycles. The lowest BCUT2D eigenvalue weighted by atomic mass is 9.88. The third-order valence-corrected chi connectivity index (χ3v) is 5.88. The van der Waals surface area contributed by atoms with Crippen molar-refractivity contribution in [1.29, 1.82) is 0 Å². The zero-order valence-corrected chi connectivity index (χ0v) is 16.2. The third-order valence-electron chi connectivity index (χ3n) is 4.71. The minimum Gasteiger partial charge on any atom is -0.452 e. The lowest BCUT2D eigenvalue weighted by Gasteiger charge is -2.18. The first kappa shape index (κ1) is 19.1. The molecular formula is C20H22N2O4S. The Morgan fingerprint density at radius 1 is 1.30 bits per heavy atom. The fraction of sp³-hybridized carbons (Fsp3) is 0.350. The number of thiophene rings is 1. The molecule has 1 aromatic carbocycles. The van der Waals surface area contributed by atoms with E-state index in [0.717, 1.165) is 35.3 Å². The molecule has 0 spiro atoms. The smallest absolute Gasteiger partial charge is 0.338 e. The van der Waals surface area contributed by atoms with Crippen LogP contribution in [0.3, 0.4) is 0 Å². The Bertz CT molecular complexity index is 903. The first-order valence-corrected chi connectivity index (χ1v) is 9.65. The van der Waals surface area contributed by atoms with Gasteiger partial charge in [0.15, 0.2) is 6.61 Å². The zero-order valence-electron chi connectivity index (χ0n) is 15.3. The second-order valence-electron chi connectivity index (χ2n) is 6.86. The molecule has 1 atom stereocenters. The highest BCUT2D eigenvalue weighted by Crippen LogP contribution is 2.39. The van der Waals surface area contributed by atoms with Gasteiger partial charge in [-0.05, 0) is 49.3 Å². The highest BCUT2D eigenvalue weighted by molar-refractivity contribution is 7.17. The molecule has 0 unspecified atom stereocenters. The van der Waals surface area contributed by atoms with E-state index < -0.39 is 24.4 Å². The average Bonchev–Trinajstić information content (AvgIpc) is 2.97. The number of aryl methyl sites for hydroxylation is 1. The summed E-state index contributed by atoms with van der Waals surface area (Å²) < 4.78 is 5.10. The number of hydrogen-bond donors (Lipinski definition) is 2. The summed E-state index contributed by atoms with van der Waals surface area (Å²) >= 11 is 1.38. The average molecular weight is 386 g/mol. The highest BCUT2D eigenvalue weighted by atomic mass is 32.1. The van der Waals surface area contributed by atoms with Crippen LogP contribution in [0.4, 0.5) is 5.00 Å². The van der Waals surface area contributed by atoms with Gasteiger partial charge in [0.2, 0.25) is 0 Å². The lowest BCUT2D eigenvalue weighted by Crippen LogP contribution is -2.23. The molecule has 0 saturated heterocycles. The number of carbonyl (C=O) groups excluding carboxylic acids is 3. The summed E-state index contributed by atoms with van der Waals surface area (Å²) in [6.07, 6.45) is 2.65. The van der Waals surface area contributed by atoms with Gasteiger partial charge in [0.05, 0.1) is 11.1 Å². The first-order valence-electron chi connectivity index (χ1n) is 8.83. The highest BCUT2D eigenvalue weighted by Gasteiger charge is 2.27. The number of nitrogens with one attached hydrogen (secondary N) is 1. The van der Waals surface area contributed by atoms with Crippen LogP contribution in [0.1, 0.15) is 50.1 Å². The Morgan fingerprint density at radius 2 is 2.04 bits per heavy atom. The monoisotopic (exact) mass is 386 g/mol. The van der Waals surface area contributed by atoms with Crippen molar-refractivity contribution < 1.29 is 19.1 Å². The zero-order chi connectivity index (χ0) is 19.6. The van der Waals surface area contributed by atoms with Crippen molar-refractivity contribution in [1.82, 2.24) is 0 Å². The molecular weight excluding hydrogens is 364 g/mol. The molecule has 3 rings (SSSR count). The summed E-state index contributed by atoms with van der Waals surface area (Å²) in [7, 11) is 0. The maximum Gasteiger partial charge on any atom is 0.338 e. The predicted octanol–water partition coefficient (Wildman–Crippen LogP) is 3.08. The van der Waals surface area contributed by atoms with Crippen molar-refractivity contribution in [3.8, 4) is 0 Å². The van der Waals surface area contributed by atoms with E-state index in [9.17, 15) is 14.4 Å². The van der Waals surface area contributed by atoms with Crippen LogP contribution < -0.4 is 11.1 Å². The van der Waals surface area contributed by atoms with Gasteiger partial charge in [-0.2, -0.15) is 0 Å². The van der Waals surface area contributed by atoms with E-state index in [1.54, 1.807) is 25.1 Å². The van der Waals surface area contributed by atoms with E-state index in [0.29, 0.717) is 22.0 Å². The molecule has 1 heterocycles. The van der Waals surface area contributed by atoms with Gasteiger partial charge in [-0.3, -0.25) is 9.59 Å². The molecule has 3 N–H and O–H groups in total. The van der Waals surface area contributed by atoms with Crippen LogP contribution in [-0.4, -0.2) is 24.4 Å². The van der Waals surface area contributed by atoms with Gasteiger partial charge < -0.3 is 15.8 Å². The molecule has 0 radical (unpaired) electrons. The molecule has 0 bridgehead atoms. The van der Waals surface area contributed by atoms with E-state index in [1.165, 1.54) is 11.3 Å². The van der Waals surface area contributed by atoms with Gasteiger partial charge in [-0.15, -0.1) is 11.3 Å². The number of hydrogen-bond acceptors (Lipinski definition) is 5. The molecule has 1 aliphatic rings. The number of rotatable bonds is 5. The van der Waals surface area contributed by atoms with E-state index in [1.807, 2.05) is 6.07 Å². The fourth-order valence-electron chi connectivity index (χ4n) is 3.27. The van der Waals surface area contributed by atoms with Crippen molar-refractivity contribution in [2.24, 2.45) is 11.7 Å². The van der Waals surface area contributed by atoms with Crippen molar-refractivity contribution in [3.63, 3.8) is 0 Å². The molecule has 27 heavy (non-hydrogen) atoms. The molecule has 7 heteroatoms. The standard InChI is InChI=1S/C20H22N2O4S/c1-11-7-8-14-15(9-11)27-19(17(14)18(21)24)22-16(23)10-26-20(25)13-6-4-3-5-12(13)2/h3-6,11H,7-10H2,1-2H3,(H2,21,24)(H,22,23)/t11-/m1/s1. The number of esters is 1. The van der Waals surface area contributed by atoms with Crippen LogP contribution in [0.5, 0.6) is 0 Å². The Balaban J connectivity index is 1.68. The topological polar surface area (TPSA) is 98.5 Å². The molecule has 0 aliphatic heterocycles. The molecule has 1 aromatic heterocycles.